The molecule has 4 aliphatic rings. The van der Waals surface area contributed by atoms with Crippen molar-refractivity contribution in [2.24, 2.45) is 29.1 Å². The highest BCUT2D eigenvalue weighted by Crippen LogP contribution is 2.60. The van der Waals surface area contributed by atoms with Crippen molar-refractivity contribution in [1.29, 1.82) is 0 Å². The van der Waals surface area contributed by atoms with Gasteiger partial charge in [-0.15, -0.1) is 0 Å². The maximum Gasteiger partial charge on any atom is 0.0736 e. The summed E-state index contributed by atoms with van der Waals surface area (Å²) in [6, 6.07) is 0. The van der Waals surface area contributed by atoms with E-state index in [1.807, 2.05) is 0 Å². The molecule has 110 valence electrons. The summed E-state index contributed by atoms with van der Waals surface area (Å²) in [4.78, 5) is 0. The molecule has 1 heteroatoms. The van der Waals surface area contributed by atoms with E-state index in [1.165, 1.54) is 44.9 Å². The zero-order valence-corrected chi connectivity index (χ0v) is 13.4. The minimum Gasteiger partial charge on any atom is -0.374 e. The standard InChI is InChI=1S/C18H32O/c1-5-17(3,4)12-19-18(6-2)15-8-13-7-14(10-15)11-16(18)9-13/h13-16H,5-12H2,1-4H3. The monoisotopic (exact) mass is 264 g/mol. The predicted molar refractivity (Wildman–Crippen MR) is 80.1 cm³/mol. The van der Waals surface area contributed by atoms with Crippen molar-refractivity contribution in [1.82, 2.24) is 0 Å². The summed E-state index contributed by atoms with van der Waals surface area (Å²) >= 11 is 0. The third kappa shape index (κ3) is 2.26. The van der Waals surface area contributed by atoms with E-state index in [0.717, 1.165) is 30.3 Å². The minimum absolute atomic E-state index is 0.250. The van der Waals surface area contributed by atoms with Crippen LogP contribution in [0.1, 0.15) is 72.6 Å². The van der Waals surface area contributed by atoms with Gasteiger partial charge in [0.15, 0.2) is 0 Å². The van der Waals surface area contributed by atoms with Crippen molar-refractivity contribution in [2.75, 3.05) is 6.61 Å². The Hall–Kier alpha value is -0.0400. The summed E-state index contributed by atoms with van der Waals surface area (Å²) in [5.41, 5.74) is 0.594. The van der Waals surface area contributed by atoms with Crippen LogP contribution >= 0.6 is 0 Å². The molecule has 4 rings (SSSR count). The number of ether oxygens (including phenoxy) is 1. The molecular weight excluding hydrogens is 232 g/mol. The Morgan fingerprint density at radius 3 is 1.89 bits per heavy atom. The van der Waals surface area contributed by atoms with Gasteiger partial charge in [-0.3, -0.25) is 0 Å². The second-order valence-corrected chi connectivity index (χ2v) is 8.42. The van der Waals surface area contributed by atoms with Gasteiger partial charge in [0.1, 0.15) is 0 Å². The Morgan fingerprint density at radius 1 is 0.947 bits per heavy atom. The lowest BCUT2D eigenvalue weighted by Crippen LogP contribution is -2.59. The van der Waals surface area contributed by atoms with Gasteiger partial charge in [0.2, 0.25) is 0 Å². The van der Waals surface area contributed by atoms with Crippen molar-refractivity contribution in [3.63, 3.8) is 0 Å². The van der Waals surface area contributed by atoms with Crippen molar-refractivity contribution in [3.05, 3.63) is 0 Å². The second kappa shape index (κ2) is 4.76. The summed E-state index contributed by atoms with van der Waals surface area (Å²) in [7, 11) is 0. The normalized spacial score (nSPS) is 44.8. The molecule has 0 aromatic rings. The SMILES string of the molecule is CCC(C)(C)COC1(CC)C2CC3CC(C2)CC1C3. The molecular formula is C18H32O. The Labute approximate surface area is 119 Å². The van der Waals surface area contributed by atoms with Gasteiger partial charge in [0, 0.05) is 0 Å². The second-order valence-electron chi connectivity index (χ2n) is 8.42. The minimum atomic E-state index is 0.250. The first-order valence-corrected chi connectivity index (χ1v) is 8.63. The van der Waals surface area contributed by atoms with E-state index in [0.29, 0.717) is 5.41 Å². The molecule has 19 heavy (non-hydrogen) atoms. The van der Waals surface area contributed by atoms with E-state index in [2.05, 4.69) is 27.7 Å². The fraction of sp³-hybridized carbons (Fsp3) is 1.00. The third-order valence-corrected chi connectivity index (χ3v) is 6.76. The lowest BCUT2D eigenvalue weighted by molar-refractivity contribution is -0.216. The van der Waals surface area contributed by atoms with Gasteiger partial charge in [-0.05, 0) is 74.0 Å². The molecule has 0 saturated heterocycles. The predicted octanol–water partition coefficient (Wildman–Crippen LogP) is 5.04. The van der Waals surface area contributed by atoms with Crippen LogP contribution in [0.2, 0.25) is 0 Å². The molecule has 4 saturated carbocycles. The average molecular weight is 264 g/mol. The van der Waals surface area contributed by atoms with Gasteiger partial charge in [0.05, 0.1) is 12.2 Å². The summed E-state index contributed by atoms with van der Waals surface area (Å²) in [6.45, 7) is 10.3. The van der Waals surface area contributed by atoms with E-state index >= 15 is 0 Å². The molecule has 0 aromatic carbocycles. The first kappa shape index (κ1) is 13.9. The molecule has 0 aliphatic heterocycles. The molecule has 1 nitrogen and oxygen atoms in total. The van der Waals surface area contributed by atoms with E-state index in [4.69, 9.17) is 4.74 Å². The molecule has 0 heterocycles. The number of hydrogen-bond acceptors (Lipinski definition) is 1. The Morgan fingerprint density at radius 2 is 1.47 bits per heavy atom. The summed E-state index contributed by atoms with van der Waals surface area (Å²) in [6.07, 6.45) is 9.85. The van der Waals surface area contributed by atoms with Gasteiger partial charge in [-0.2, -0.15) is 0 Å². The Kier molecular flexibility index (Phi) is 3.48. The van der Waals surface area contributed by atoms with Crippen LogP contribution in [0, 0.1) is 29.1 Å². The van der Waals surface area contributed by atoms with E-state index in [1.54, 1.807) is 0 Å². The Bertz CT molecular complexity index is 303. The molecule has 0 radical (unpaired) electrons. The molecule has 0 aromatic heterocycles. The fourth-order valence-electron chi connectivity index (χ4n) is 5.33. The van der Waals surface area contributed by atoms with Gasteiger partial charge in [0.25, 0.3) is 0 Å². The van der Waals surface area contributed by atoms with Crippen LogP contribution in [-0.4, -0.2) is 12.2 Å². The first-order valence-electron chi connectivity index (χ1n) is 8.63. The van der Waals surface area contributed by atoms with Crippen molar-refractivity contribution >= 4 is 0 Å². The quantitative estimate of drug-likeness (QED) is 0.675. The highest BCUT2D eigenvalue weighted by molar-refractivity contribution is 5.07. The Balaban J connectivity index is 1.76. The fourth-order valence-corrected chi connectivity index (χ4v) is 5.33. The van der Waals surface area contributed by atoms with Crippen LogP contribution in [0.4, 0.5) is 0 Å². The van der Waals surface area contributed by atoms with E-state index < -0.39 is 0 Å². The lowest BCUT2D eigenvalue weighted by atomic mass is 9.49. The van der Waals surface area contributed by atoms with Gasteiger partial charge >= 0.3 is 0 Å². The molecule has 0 unspecified atom stereocenters. The molecule has 4 bridgehead atoms. The number of hydrogen-bond donors (Lipinski definition) is 0. The van der Waals surface area contributed by atoms with Crippen LogP contribution in [0.5, 0.6) is 0 Å². The summed E-state index contributed by atoms with van der Waals surface area (Å²) in [5, 5.41) is 0. The van der Waals surface area contributed by atoms with Gasteiger partial charge < -0.3 is 4.74 Å². The van der Waals surface area contributed by atoms with E-state index in [9.17, 15) is 0 Å². The van der Waals surface area contributed by atoms with Gasteiger partial charge in [-0.1, -0.05) is 27.7 Å². The molecule has 4 fully saturated rings. The largest absolute Gasteiger partial charge is 0.374 e. The molecule has 0 N–H and O–H groups in total. The highest BCUT2D eigenvalue weighted by atomic mass is 16.5. The van der Waals surface area contributed by atoms with Crippen LogP contribution in [-0.2, 0) is 4.74 Å². The zero-order valence-electron chi connectivity index (χ0n) is 13.4. The first-order chi connectivity index (χ1) is 8.99. The summed E-state index contributed by atoms with van der Waals surface area (Å²) < 4.78 is 6.71. The molecule has 0 atom stereocenters. The zero-order chi connectivity index (χ0) is 13.7. The van der Waals surface area contributed by atoms with Crippen LogP contribution in [0.25, 0.3) is 0 Å². The van der Waals surface area contributed by atoms with Gasteiger partial charge in [-0.25, -0.2) is 0 Å². The average Bonchev–Trinajstić information content (AvgIpc) is 2.38. The maximum absolute atomic E-state index is 6.71. The van der Waals surface area contributed by atoms with E-state index in [-0.39, 0.29) is 5.60 Å². The van der Waals surface area contributed by atoms with Crippen molar-refractivity contribution < 1.29 is 4.74 Å². The highest BCUT2D eigenvalue weighted by Gasteiger charge is 2.57. The summed E-state index contributed by atoms with van der Waals surface area (Å²) in [5.74, 6) is 3.85. The lowest BCUT2D eigenvalue weighted by Gasteiger charge is -2.61. The van der Waals surface area contributed by atoms with Crippen molar-refractivity contribution in [3.8, 4) is 0 Å². The third-order valence-electron chi connectivity index (χ3n) is 6.76. The molecule has 0 amide bonds. The smallest absolute Gasteiger partial charge is 0.0736 e. The van der Waals surface area contributed by atoms with Crippen LogP contribution in [0.15, 0.2) is 0 Å². The van der Waals surface area contributed by atoms with Crippen LogP contribution < -0.4 is 0 Å². The molecule has 0 spiro atoms. The molecule has 4 aliphatic carbocycles. The van der Waals surface area contributed by atoms with Crippen LogP contribution in [0.3, 0.4) is 0 Å². The maximum atomic E-state index is 6.71. The topological polar surface area (TPSA) is 9.23 Å². The number of rotatable bonds is 5. The van der Waals surface area contributed by atoms with Crippen molar-refractivity contribution in [2.45, 2.75) is 78.2 Å².